The number of carbonyl (C=O) groups is 1. The van der Waals surface area contributed by atoms with Crippen LogP contribution < -0.4 is 10.6 Å². The van der Waals surface area contributed by atoms with E-state index in [-0.39, 0.29) is 12.0 Å². The number of nitrogens with one attached hydrogen (secondary N) is 2. The predicted octanol–water partition coefficient (Wildman–Crippen LogP) is 1.47. The van der Waals surface area contributed by atoms with E-state index >= 15 is 0 Å². The second-order valence-corrected chi connectivity index (χ2v) is 4.70. The Morgan fingerprint density at radius 1 is 1.59 bits per heavy atom. The molecular formula is C11H19N3O2S. The average molecular weight is 257 g/mol. The van der Waals surface area contributed by atoms with Crippen LogP contribution in [0.25, 0.3) is 0 Å². The molecule has 5 nitrogen and oxygen atoms in total. The Kier molecular flexibility index (Phi) is 5.93. The largest absolute Gasteiger partial charge is 0.393 e. The van der Waals surface area contributed by atoms with Crippen molar-refractivity contribution in [2.75, 3.05) is 18.4 Å². The van der Waals surface area contributed by atoms with Crippen LogP contribution in [0.3, 0.4) is 0 Å². The van der Waals surface area contributed by atoms with Gasteiger partial charge in [-0.3, -0.25) is 4.79 Å². The first-order valence-electron chi connectivity index (χ1n) is 5.83. The first-order valence-corrected chi connectivity index (χ1v) is 6.65. The number of hydrogen-bond donors (Lipinski definition) is 3. The fourth-order valence-corrected chi connectivity index (χ4v) is 2.06. The molecule has 3 N–H and O–H groups in total. The summed E-state index contributed by atoms with van der Waals surface area (Å²) in [5.74, 6) is -0.130. The molecule has 0 bridgehead atoms. The smallest absolute Gasteiger partial charge is 0.263 e. The molecule has 0 saturated heterocycles. The number of hydrogen-bond acceptors (Lipinski definition) is 5. The highest BCUT2D eigenvalue weighted by Gasteiger charge is 2.10. The zero-order valence-corrected chi connectivity index (χ0v) is 11.0. The minimum Gasteiger partial charge on any atom is -0.393 e. The molecule has 1 amide bonds. The molecule has 0 radical (unpaired) electrons. The lowest BCUT2D eigenvalue weighted by Gasteiger charge is -2.07. The van der Waals surface area contributed by atoms with Gasteiger partial charge in [-0.25, -0.2) is 4.98 Å². The number of rotatable bonds is 7. The van der Waals surface area contributed by atoms with E-state index in [1.54, 1.807) is 6.20 Å². The first kappa shape index (κ1) is 13.9. The number of carbonyl (C=O) groups excluding carboxylic acids is 1. The summed E-state index contributed by atoms with van der Waals surface area (Å²) in [6.45, 7) is 5.17. The van der Waals surface area contributed by atoms with Crippen molar-refractivity contribution in [3.63, 3.8) is 0 Å². The molecule has 0 aromatic carbocycles. The van der Waals surface area contributed by atoms with Crippen LogP contribution in [0.15, 0.2) is 6.20 Å². The Bertz CT molecular complexity index is 354. The highest BCUT2D eigenvalue weighted by Crippen LogP contribution is 2.17. The van der Waals surface area contributed by atoms with Gasteiger partial charge >= 0.3 is 0 Å². The van der Waals surface area contributed by atoms with Gasteiger partial charge in [0.05, 0.1) is 12.3 Å². The van der Waals surface area contributed by atoms with E-state index in [0.717, 1.165) is 11.7 Å². The maximum Gasteiger partial charge on any atom is 0.263 e. The van der Waals surface area contributed by atoms with E-state index in [1.165, 1.54) is 11.3 Å². The summed E-state index contributed by atoms with van der Waals surface area (Å²) in [5, 5.41) is 15.9. The van der Waals surface area contributed by atoms with Gasteiger partial charge in [0.25, 0.3) is 5.91 Å². The van der Waals surface area contributed by atoms with E-state index in [4.69, 9.17) is 0 Å². The van der Waals surface area contributed by atoms with Crippen molar-refractivity contribution < 1.29 is 9.90 Å². The van der Waals surface area contributed by atoms with Gasteiger partial charge in [0.2, 0.25) is 0 Å². The second-order valence-electron chi connectivity index (χ2n) is 3.67. The Labute approximate surface area is 105 Å². The van der Waals surface area contributed by atoms with Gasteiger partial charge < -0.3 is 15.7 Å². The van der Waals surface area contributed by atoms with E-state index in [1.807, 2.05) is 13.8 Å². The molecule has 17 heavy (non-hydrogen) atoms. The van der Waals surface area contributed by atoms with Crippen molar-refractivity contribution in [3.05, 3.63) is 11.1 Å². The molecule has 96 valence electrons. The molecule has 1 unspecified atom stereocenters. The summed E-state index contributed by atoms with van der Waals surface area (Å²) in [4.78, 5) is 16.4. The average Bonchev–Trinajstić information content (AvgIpc) is 2.78. The summed E-state index contributed by atoms with van der Waals surface area (Å²) in [7, 11) is 0. The van der Waals surface area contributed by atoms with Crippen LogP contribution in [0, 0.1) is 0 Å². The molecule has 0 spiro atoms. The molecule has 1 heterocycles. The SMILES string of the molecule is CCNc1ncc(C(=O)NCCC(O)CC)s1. The van der Waals surface area contributed by atoms with Crippen LogP contribution in [-0.2, 0) is 0 Å². The van der Waals surface area contributed by atoms with E-state index < -0.39 is 0 Å². The zero-order chi connectivity index (χ0) is 12.7. The Balaban J connectivity index is 2.36. The van der Waals surface area contributed by atoms with Gasteiger partial charge in [0.1, 0.15) is 4.88 Å². The number of amides is 1. The lowest BCUT2D eigenvalue weighted by atomic mass is 10.2. The van der Waals surface area contributed by atoms with Crippen molar-refractivity contribution >= 4 is 22.4 Å². The van der Waals surface area contributed by atoms with Gasteiger partial charge in [-0.1, -0.05) is 18.3 Å². The Morgan fingerprint density at radius 3 is 3.00 bits per heavy atom. The van der Waals surface area contributed by atoms with Crippen molar-refractivity contribution in [1.29, 1.82) is 0 Å². The van der Waals surface area contributed by atoms with Crippen LogP contribution >= 0.6 is 11.3 Å². The molecule has 1 rings (SSSR count). The topological polar surface area (TPSA) is 74.2 Å². The van der Waals surface area contributed by atoms with Crippen molar-refractivity contribution in [2.24, 2.45) is 0 Å². The normalized spacial score (nSPS) is 12.2. The first-order chi connectivity index (χ1) is 8.17. The van der Waals surface area contributed by atoms with E-state index in [0.29, 0.717) is 24.3 Å². The van der Waals surface area contributed by atoms with Gasteiger partial charge in [0, 0.05) is 13.1 Å². The number of nitrogens with zero attached hydrogens (tertiary/aromatic N) is 1. The zero-order valence-electron chi connectivity index (χ0n) is 10.2. The van der Waals surface area contributed by atoms with Gasteiger partial charge in [-0.2, -0.15) is 0 Å². The molecule has 1 aromatic heterocycles. The number of thiazole rings is 1. The highest BCUT2D eigenvalue weighted by molar-refractivity contribution is 7.17. The molecule has 0 aliphatic carbocycles. The van der Waals surface area contributed by atoms with Crippen molar-refractivity contribution in [3.8, 4) is 0 Å². The van der Waals surface area contributed by atoms with Crippen LogP contribution in [0.2, 0.25) is 0 Å². The fourth-order valence-electron chi connectivity index (χ4n) is 1.26. The lowest BCUT2D eigenvalue weighted by Crippen LogP contribution is -2.26. The van der Waals surface area contributed by atoms with E-state index in [2.05, 4.69) is 15.6 Å². The second kappa shape index (κ2) is 7.24. The summed E-state index contributed by atoms with van der Waals surface area (Å²) < 4.78 is 0. The number of aliphatic hydroxyl groups is 1. The molecule has 0 saturated carbocycles. The van der Waals surface area contributed by atoms with Crippen molar-refractivity contribution in [2.45, 2.75) is 32.8 Å². The highest BCUT2D eigenvalue weighted by atomic mass is 32.1. The molecule has 0 aliphatic heterocycles. The Morgan fingerprint density at radius 2 is 2.35 bits per heavy atom. The minimum atomic E-state index is -0.339. The van der Waals surface area contributed by atoms with Gasteiger partial charge in [-0.15, -0.1) is 0 Å². The van der Waals surface area contributed by atoms with Gasteiger partial charge in [0.15, 0.2) is 5.13 Å². The number of anilines is 1. The van der Waals surface area contributed by atoms with Crippen LogP contribution in [0.1, 0.15) is 36.4 Å². The summed E-state index contributed by atoms with van der Waals surface area (Å²) in [6, 6.07) is 0. The molecule has 6 heteroatoms. The number of aliphatic hydroxyl groups excluding tert-OH is 1. The maximum atomic E-state index is 11.7. The third-order valence-electron chi connectivity index (χ3n) is 2.29. The fraction of sp³-hybridized carbons (Fsp3) is 0.636. The Hall–Kier alpha value is -1.14. The van der Waals surface area contributed by atoms with Gasteiger partial charge in [-0.05, 0) is 19.8 Å². The number of aromatic nitrogens is 1. The maximum absolute atomic E-state index is 11.7. The quantitative estimate of drug-likeness (QED) is 0.691. The lowest BCUT2D eigenvalue weighted by molar-refractivity contribution is 0.0946. The molecule has 1 aromatic rings. The monoisotopic (exact) mass is 257 g/mol. The third kappa shape index (κ3) is 4.70. The molecular weight excluding hydrogens is 238 g/mol. The van der Waals surface area contributed by atoms with E-state index in [9.17, 15) is 9.90 Å². The van der Waals surface area contributed by atoms with Crippen LogP contribution in [0.5, 0.6) is 0 Å². The predicted molar refractivity (Wildman–Crippen MR) is 69.5 cm³/mol. The minimum absolute atomic E-state index is 0.130. The third-order valence-corrected chi connectivity index (χ3v) is 3.25. The molecule has 0 fully saturated rings. The summed E-state index contributed by atoms with van der Waals surface area (Å²) >= 11 is 1.33. The van der Waals surface area contributed by atoms with Crippen LogP contribution in [-0.4, -0.2) is 35.2 Å². The van der Waals surface area contributed by atoms with Crippen LogP contribution in [0.4, 0.5) is 5.13 Å². The van der Waals surface area contributed by atoms with Crippen molar-refractivity contribution in [1.82, 2.24) is 10.3 Å². The summed E-state index contributed by atoms with van der Waals surface area (Å²) in [5.41, 5.74) is 0. The molecule has 1 atom stereocenters. The standard InChI is InChI=1S/C11H19N3O2S/c1-3-8(15)5-6-13-10(16)9-7-14-11(17-9)12-4-2/h7-8,15H,3-6H2,1-2H3,(H,12,14)(H,13,16). The molecule has 0 aliphatic rings. The summed E-state index contributed by atoms with van der Waals surface area (Å²) in [6.07, 6.45) is 2.52.